The van der Waals surface area contributed by atoms with Crippen molar-refractivity contribution in [3.8, 4) is 0 Å². The summed E-state index contributed by atoms with van der Waals surface area (Å²) in [7, 11) is 0. The van der Waals surface area contributed by atoms with Crippen molar-refractivity contribution >= 4 is 29.1 Å². The zero-order valence-electron chi connectivity index (χ0n) is 5.53. The van der Waals surface area contributed by atoms with Gasteiger partial charge in [0.05, 0.1) is 21.0 Å². The molecule has 0 amide bonds. The molecule has 0 saturated carbocycles. The van der Waals surface area contributed by atoms with Crippen molar-refractivity contribution in [2.45, 2.75) is 12.5 Å². The van der Waals surface area contributed by atoms with E-state index in [1.54, 1.807) is 0 Å². The lowest BCUT2D eigenvalue weighted by molar-refractivity contribution is 0.177. The van der Waals surface area contributed by atoms with Crippen LogP contribution in [0.1, 0.15) is 6.42 Å². The summed E-state index contributed by atoms with van der Waals surface area (Å²) in [6.45, 7) is 1.76. The fraction of sp³-hybridized carbons (Fsp3) is 0.667. The van der Waals surface area contributed by atoms with Gasteiger partial charge in [-0.05, 0) is 6.42 Å². The Balaban J connectivity index is 1.98. The van der Waals surface area contributed by atoms with E-state index in [0.717, 1.165) is 19.6 Å². The maximum absolute atomic E-state index is 5.25. The Kier molecular flexibility index (Phi) is 1.99. The predicted octanol–water partition coefficient (Wildman–Crippen LogP) is 0.765. The van der Waals surface area contributed by atoms with Gasteiger partial charge < -0.3 is 4.74 Å². The van der Waals surface area contributed by atoms with Crippen LogP contribution >= 0.6 is 20.7 Å². The van der Waals surface area contributed by atoms with Gasteiger partial charge in [0.25, 0.3) is 0 Å². The highest BCUT2D eigenvalue weighted by Crippen LogP contribution is 2.15. The van der Waals surface area contributed by atoms with Crippen LogP contribution in [0.25, 0.3) is 0 Å². The minimum atomic E-state index is 0.138. The van der Waals surface area contributed by atoms with Gasteiger partial charge in [0.15, 0.2) is 0 Å². The summed E-state index contributed by atoms with van der Waals surface area (Å²) >= 11 is 0.138. The first kappa shape index (κ1) is 6.72. The van der Waals surface area contributed by atoms with Gasteiger partial charge in [-0.1, -0.05) is 20.7 Å². The molecule has 0 aromatic heterocycles. The average Bonchev–Trinajstić information content (AvgIpc) is 2.59. The Hall–Kier alpha value is 0.0300. The molecule has 10 heavy (non-hydrogen) atoms. The molecule has 2 aliphatic heterocycles. The van der Waals surface area contributed by atoms with E-state index in [0.29, 0.717) is 6.04 Å². The monoisotopic (exact) mass is 252 g/mol. The van der Waals surface area contributed by atoms with Gasteiger partial charge in [-0.25, -0.2) is 0 Å². The number of hydrogen-bond donors (Lipinski definition) is 0. The van der Waals surface area contributed by atoms with Gasteiger partial charge in [-0.2, -0.15) is 5.10 Å². The lowest BCUT2D eigenvalue weighted by Crippen LogP contribution is -2.27. The van der Waals surface area contributed by atoms with Gasteiger partial charge in [0, 0.05) is 6.61 Å². The maximum atomic E-state index is 5.25. The van der Waals surface area contributed by atoms with E-state index >= 15 is 0 Å². The average molecular weight is 252 g/mol. The van der Waals surface area contributed by atoms with Crippen LogP contribution in [-0.4, -0.2) is 32.6 Å². The smallest absolute Gasteiger partial charge is 0.0817 e. The minimum absolute atomic E-state index is 0.138. The van der Waals surface area contributed by atoms with Gasteiger partial charge in [-0.15, -0.1) is 0 Å². The third-order valence-electron chi connectivity index (χ3n) is 1.67. The van der Waals surface area contributed by atoms with Crippen LogP contribution in [-0.2, 0) is 4.74 Å². The number of hydrogen-bond acceptors (Lipinski definition) is 3. The Morgan fingerprint density at radius 1 is 1.70 bits per heavy atom. The van der Waals surface area contributed by atoms with E-state index in [2.05, 4.69) is 14.2 Å². The summed E-state index contributed by atoms with van der Waals surface area (Å²) in [6, 6.07) is 0.540. The number of nitrogens with zero attached hydrogens (tertiary/aromatic N) is 2. The molecular weight excluding hydrogens is 243 g/mol. The highest BCUT2D eigenvalue weighted by Gasteiger charge is 2.21. The Labute approximate surface area is 69.8 Å². The van der Waals surface area contributed by atoms with Crippen LogP contribution in [0.2, 0.25) is 0 Å². The molecule has 56 valence electrons. The predicted molar refractivity (Wildman–Crippen MR) is 49.6 cm³/mol. The molecule has 0 bridgehead atoms. The van der Waals surface area contributed by atoms with Crippen LogP contribution in [0.5, 0.6) is 0 Å². The fourth-order valence-electron chi connectivity index (χ4n) is 1.09. The van der Waals surface area contributed by atoms with E-state index in [-0.39, 0.29) is 20.7 Å². The van der Waals surface area contributed by atoms with Crippen molar-refractivity contribution in [1.82, 2.24) is 5.01 Å². The summed E-state index contributed by atoms with van der Waals surface area (Å²) in [5.74, 6) is 0. The second-order valence-corrected chi connectivity index (χ2v) is 4.17. The molecule has 2 heterocycles. The highest BCUT2D eigenvalue weighted by molar-refractivity contribution is 14.2. The molecule has 1 atom stereocenters. The van der Waals surface area contributed by atoms with Crippen LogP contribution in [0.15, 0.2) is 5.10 Å². The molecule has 3 nitrogen and oxygen atoms in total. The second kappa shape index (κ2) is 2.96. The number of halogens is 1. The van der Waals surface area contributed by atoms with E-state index in [4.69, 9.17) is 4.74 Å². The molecule has 0 aliphatic carbocycles. The topological polar surface area (TPSA) is 24.8 Å². The zero-order valence-corrected chi connectivity index (χ0v) is 7.69. The minimum Gasteiger partial charge on any atom is -0.379 e. The largest absolute Gasteiger partial charge is 0.379 e. The number of hydrazone groups is 1. The molecule has 2 rings (SSSR count). The molecular formula is C6H9IN2O. The highest BCUT2D eigenvalue weighted by atomic mass is 127. The normalized spacial score (nSPS) is 31.2. The Bertz CT molecular complexity index is 163. The van der Waals surface area contributed by atoms with E-state index < -0.39 is 0 Å². The quantitative estimate of drug-likeness (QED) is 0.644. The van der Waals surface area contributed by atoms with Crippen molar-refractivity contribution in [3.05, 3.63) is 0 Å². The molecule has 0 spiro atoms. The zero-order chi connectivity index (χ0) is 6.81. The van der Waals surface area contributed by atoms with E-state index in [1.165, 1.54) is 0 Å². The molecule has 1 saturated heterocycles. The molecule has 0 N–H and O–H groups in total. The van der Waals surface area contributed by atoms with Crippen molar-refractivity contribution in [1.29, 1.82) is 0 Å². The Morgan fingerprint density at radius 2 is 2.70 bits per heavy atom. The molecule has 4 heteroatoms. The number of ether oxygens (including phenoxy) is 1. The third-order valence-corrected chi connectivity index (χ3v) is 3.13. The maximum Gasteiger partial charge on any atom is 0.0817 e. The first-order valence-corrected chi connectivity index (χ1v) is 5.80. The fourth-order valence-corrected chi connectivity index (χ4v) is 2.59. The molecule has 0 radical (unpaired) electrons. The van der Waals surface area contributed by atoms with Gasteiger partial charge in [0.2, 0.25) is 0 Å². The van der Waals surface area contributed by atoms with Crippen molar-refractivity contribution in [2.24, 2.45) is 5.10 Å². The van der Waals surface area contributed by atoms with Crippen LogP contribution in [0.3, 0.4) is 0 Å². The summed E-state index contributed by atoms with van der Waals surface area (Å²) in [5.41, 5.74) is 0. The number of rotatable bonds is 1. The SMILES string of the molecule is C1=NN(C2CCOC2)C=I1. The third kappa shape index (κ3) is 1.22. The Morgan fingerprint density at radius 3 is 3.30 bits per heavy atom. The van der Waals surface area contributed by atoms with Crippen molar-refractivity contribution < 1.29 is 4.74 Å². The van der Waals surface area contributed by atoms with Crippen molar-refractivity contribution in [2.75, 3.05) is 13.2 Å². The van der Waals surface area contributed by atoms with Gasteiger partial charge in [-0.3, -0.25) is 5.01 Å². The summed E-state index contributed by atoms with van der Waals surface area (Å²) in [5, 5.41) is 6.31. The lowest BCUT2D eigenvalue weighted by atomic mass is 10.3. The molecule has 1 fully saturated rings. The van der Waals surface area contributed by atoms with Crippen LogP contribution < -0.4 is 0 Å². The van der Waals surface area contributed by atoms with Crippen LogP contribution in [0, 0.1) is 0 Å². The summed E-state index contributed by atoms with van der Waals surface area (Å²) in [4.78, 5) is 0. The molecule has 2 aliphatic rings. The van der Waals surface area contributed by atoms with Crippen molar-refractivity contribution in [3.63, 3.8) is 0 Å². The standard InChI is InChI=1S/C6H9IN2O/c1-2-10-3-6(1)9-5-7-4-8-9/h4-6H,1-3H2. The van der Waals surface area contributed by atoms with E-state index in [1.807, 2.05) is 4.22 Å². The second-order valence-electron chi connectivity index (χ2n) is 2.33. The first-order valence-electron chi connectivity index (χ1n) is 3.30. The first-order chi connectivity index (χ1) is 4.97. The lowest BCUT2D eigenvalue weighted by Gasteiger charge is -2.16. The summed E-state index contributed by atoms with van der Waals surface area (Å²) < 4.78 is 9.51. The van der Waals surface area contributed by atoms with Gasteiger partial charge in [0.1, 0.15) is 0 Å². The van der Waals surface area contributed by atoms with E-state index in [9.17, 15) is 0 Å². The molecule has 0 aromatic carbocycles. The molecule has 0 aromatic rings. The molecule has 1 unspecified atom stereocenters. The van der Waals surface area contributed by atoms with Gasteiger partial charge >= 0.3 is 0 Å². The summed E-state index contributed by atoms with van der Waals surface area (Å²) in [6.07, 6.45) is 1.14. The van der Waals surface area contributed by atoms with Crippen LogP contribution in [0.4, 0.5) is 0 Å².